The largest absolute Gasteiger partial charge is 0.395 e. The van der Waals surface area contributed by atoms with E-state index in [2.05, 4.69) is 12.2 Å². The fourth-order valence-corrected chi connectivity index (χ4v) is 2.97. The van der Waals surface area contributed by atoms with Gasteiger partial charge in [0.25, 0.3) is 0 Å². The average molecular weight is 240 g/mol. The Hall–Kier alpha value is -0.610. The quantitative estimate of drug-likeness (QED) is 0.750. The zero-order valence-electron chi connectivity index (χ0n) is 10.7. The third-order valence-electron chi connectivity index (χ3n) is 4.37. The molecule has 1 saturated heterocycles. The van der Waals surface area contributed by atoms with Crippen LogP contribution in [0.5, 0.6) is 0 Å². The maximum Gasteiger partial charge on any atom is 0.243 e. The van der Waals surface area contributed by atoms with Crippen molar-refractivity contribution in [2.24, 2.45) is 0 Å². The highest BCUT2D eigenvalue weighted by Crippen LogP contribution is 2.31. The van der Waals surface area contributed by atoms with Crippen LogP contribution in [0.2, 0.25) is 0 Å². The van der Waals surface area contributed by atoms with E-state index in [-0.39, 0.29) is 18.1 Å². The molecule has 0 spiro atoms. The summed E-state index contributed by atoms with van der Waals surface area (Å²) in [6, 6.07) is 0.375. The zero-order chi connectivity index (χ0) is 12.3. The first-order chi connectivity index (χ1) is 8.23. The maximum absolute atomic E-state index is 12.7. The van der Waals surface area contributed by atoms with E-state index in [9.17, 15) is 4.79 Å². The molecule has 2 rings (SSSR count). The molecule has 1 aliphatic carbocycles. The minimum absolute atomic E-state index is 0.0715. The topological polar surface area (TPSA) is 52.6 Å². The summed E-state index contributed by atoms with van der Waals surface area (Å²) < 4.78 is 0. The van der Waals surface area contributed by atoms with Gasteiger partial charge in [0.1, 0.15) is 0 Å². The molecule has 0 bridgehead atoms. The number of carbonyl (C=O) groups excluding carboxylic acids is 1. The van der Waals surface area contributed by atoms with E-state index in [1.54, 1.807) is 0 Å². The molecule has 1 unspecified atom stereocenters. The van der Waals surface area contributed by atoms with Crippen LogP contribution in [0.1, 0.15) is 45.4 Å². The van der Waals surface area contributed by atoms with E-state index in [1.807, 2.05) is 4.90 Å². The van der Waals surface area contributed by atoms with Crippen LogP contribution in [0.15, 0.2) is 0 Å². The van der Waals surface area contributed by atoms with Crippen molar-refractivity contribution < 1.29 is 9.90 Å². The van der Waals surface area contributed by atoms with Crippen molar-refractivity contribution in [1.29, 1.82) is 0 Å². The summed E-state index contributed by atoms with van der Waals surface area (Å²) in [6.45, 7) is 3.58. The molecule has 1 amide bonds. The lowest BCUT2D eigenvalue weighted by molar-refractivity contribution is -0.143. The second kappa shape index (κ2) is 5.36. The van der Waals surface area contributed by atoms with Crippen molar-refractivity contribution in [3.63, 3.8) is 0 Å². The number of nitrogens with zero attached hydrogens (tertiary/aromatic N) is 1. The second-order valence-electron chi connectivity index (χ2n) is 5.27. The van der Waals surface area contributed by atoms with E-state index in [0.717, 1.165) is 38.6 Å². The van der Waals surface area contributed by atoms with E-state index in [1.165, 1.54) is 6.42 Å². The van der Waals surface area contributed by atoms with Crippen molar-refractivity contribution in [2.45, 2.75) is 57.0 Å². The summed E-state index contributed by atoms with van der Waals surface area (Å²) in [4.78, 5) is 14.6. The monoisotopic (exact) mass is 240 g/mol. The van der Waals surface area contributed by atoms with E-state index < -0.39 is 0 Å². The van der Waals surface area contributed by atoms with Gasteiger partial charge in [0.15, 0.2) is 0 Å². The van der Waals surface area contributed by atoms with Crippen LogP contribution in [-0.2, 0) is 4.79 Å². The Morgan fingerprint density at radius 2 is 2.24 bits per heavy atom. The van der Waals surface area contributed by atoms with Gasteiger partial charge >= 0.3 is 0 Å². The van der Waals surface area contributed by atoms with Crippen molar-refractivity contribution in [1.82, 2.24) is 10.2 Å². The highest BCUT2D eigenvalue weighted by molar-refractivity contribution is 5.87. The molecule has 0 aromatic heterocycles. The predicted octanol–water partition coefficient (Wildman–Crippen LogP) is 0.892. The summed E-state index contributed by atoms with van der Waals surface area (Å²) in [5.74, 6) is 0.219. The second-order valence-corrected chi connectivity index (χ2v) is 5.27. The number of aliphatic hydroxyl groups excluding tert-OH is 1. The Morgan fingerprint density at radius 1 is 1.47 bits per heavy atom. The molecule has 4 nitrogen and oxygen atoms in total. The normalized spacial score (nSPS) is 29.1. The molecule has 0 aromatic rings. The van der Waals surface area contributed by atoms with Gasteiger partial charge in [-0.2, -0.15) is 0 Å². The number of hydrogen-bond donors (Lipinski definition) is 2. The third-order valence-corrected chi connectivity index (χ3v) is 4.37. The SMILES string of the molecule is CCC1(C(=O)N(CCO)C2CCC2)CCCN1. The van der Waals surface area contributed by atoms with Crippen LogP contribution in [0.4, 0.5) is 0 Å². The molecule has 2 aliphatic rings. The summed E-state index contributed by atoms with van der Waals surface area (Å²) in [5, 5.41) is 12.5. The van der Waals surface area contributed by atoms with Crippen LogP contribution in [0.3, 0.4) is 0 Å². The number of hydrogen-bond acceptors (Lipinski definition) is 3. The molecule has 1 aliphatic heterocycles. The van der Waals surface area contributed by atoms with E-state index in [0.29, 0.717) is 12.6 Å². The van der Waals surface area contributed by atoms with Gasteiger partial charge in [0, 0.05) is 12.6 Å². The Labute approximate surface area is 103 Å². The molecule has 1 saturated carbocycles. The first-order valence-electron chi connectivity index (χ1n) is 6.90. The fourth-order valence-electron chi connectivity index (χ4n) is 2.97. The van der Waals surface area contributed by atoms with E-state index >= 15 is 0 Å². The fraction of sp³-hybridized carbons (Fsp3) is 0.923. The number of amides is 1. The number of rotatable bonds is 5. The van der Waals surface area contributed by atoms with Gasteiger partial charge in [0.05, 0.1) is 12.1 Å². The first kappa shape index (κ1) is 12.8. The molecule has 98 valence electrons. The molecule has 0 aromatic carbocycles. The minimum atomic E-state index is -0.342. The van der Waals surface area contributed by atoms with Crippen LogP contribution < -0.4 is 5.32 Å². The molecule has 1 atom stereocenters. The Kier molecular flexibility index (Phi) is 4.05. The molecule has 17 heavy (non-hydrogen) atoms. The number of carbonyl (C=O) groups is 1. The van der Waals surface area contributed by atoms with Gasteiger partial charge in [-0.1, -0.05) is 6.92 Å². The van der Waals surface area contributed by atoms with Gasteiger partial charge in [-0.3, -0.25) is 4.79 Å². The summed E-state index contributed by atoms with van der Waals surface area (Å²) in [7, 11) is 0. The van der Waals surface area contributed by atoms with Gasteiger partial charge in [0.2, 0.25) is 5.91 Å². The highest BCUT2D eigenvalue weighted by Gasteiger charge is 2.44. The Bertz CT molecular complexity index is 271. The predicted molar refractivity (Wildman–Crippen MR) is 66.7 cm³/mol. The van der Waals surface area contributed by atoms with Crippen LogP contribution in [0.25, 0.3) is 0 Å². The van der Waals surface area contributed by atoms with Gasteiger partial charge in [-0.05, 0) is 45.1 Å². The first-order valence-corrected chi connectivity index (χ1v) is 6.90. The molecule has 2 fully saturated rings. The highest BCUT2D eigenvalue weighted by atomic mass is 16.3. The Balaban J connectivity index is 2.08. The lowest BCUT2D eigenvalue weighted by Crippen LogP contribution is -2.58. The molecule has 2 N–H and O–H groups in total. The summed E-state index contributed by atoms with van der Waals surface area (Å²) in [5.41, 5.74) is -0.342. The van der Waals surface area contributed by atoms with Crippen molar-refractivity contribution in [2.75, 3.05) is 19.7 Å². The minimum Gasteiger partial charge on any atom is -0.395 e. The molecule has 1 heterocycles. The van der Waals surface area contributed by atoms with Crippen LogP contribution in [0, 0.1) is 0 Å². The number of nitrogens with one attached hydrogen (secondary N) is 1. The third kappa shape index (κ3) is 2.33. The standard InChI is InChI=1S/C13H24N2O2/c1-2-13(7-4-8-14-13)12(17)15(9-10-16)11-5-3-6-11/h11,14,16H,2-10H2,1H3. The van der Waals surface area contributed by atoms with E-state index in [4.69, 9.17) is 5.11 Å². The van der Waals surface area contributed by atoms with Crippen molar-refractivity contribution in [3.8, 4) is 0 Å². The van der Waals surface area contributed by atoms with Crippen LogP contribution in [-0.4, -0.2) is 47.2 Å². The van der Waals surface area contributed by atoms with Gasteiger partial charge < -0.3 is 15.3 Å². The Morgan fingerprint density at radius 3 is 2.65 bits per heavy atom. The van der Waals surface area contributed by atoms with Crippen molar-refractivity contribution in [3.05, 3.63) is 0 Å². The summed E-state index contributed by atoms with van der Waals surface area (Å²) >= 11 is 0. The summed E-state index contributed by atoms with van der Waals surface area (Å²) in [6.07, 6.45) is 6.29. The molecule has 0 radical (unpaired) electrons. The lowest BCUT2D eigenvalue weighted by Gasteiger charge is -2.42. The molecular formula is C13H24N2O2. The van der Waals surface area contributed by atoms with Gasteiger partial charge in [-0.25, -0.2) is 0 Å². The van der Waals surface area contributed by atoms with Crippen LogP contribution >= 0.6 is 0 Å². The maximum atomic E-state index is 12.7. The smallest absolute Gasteiger partial charge is 0.243 e. The zero-order valence-corrected chi connectivity index (χ0v) is 10.7. The average Bonchev–Trinajstić information content (AvgIpc) is 2.75. The number of aliphatic hydroxyl groups is 1. The lowest BCUT2D eigenvalue weighted by atomic mass is 9.87. The molecular weight excluding hydrogens is 216 g/mol. The van der Waals surface area contributed by atoms with Crippen molar-refractivity contribution >= 4 is 5.91 Å². The van der Waals surface area contributed by atoms with Gasteiger partial charge in [-0.15, -0.1) is 0 Å². The molecule has 4 heteroatoms.